The van der Waals surface area contributed by atoms with Crippen LogP contribution in [-0.2, 0) is 12.0 Å². The lowest BCUT2D eigenvalue weighted by Gasteiger charge is -2.20. The van der Waals surface area contributed by atoms with E-state index < -0.39 is 17.2 Å². The number of carbonyl (C=O) groups excluding carboxylic acids is 2. The van der Waals surface area contributed by atoms with Gasteiger partial charge >= 0.3 is 0 Å². The Balaban J connectivity index is 1.85. The number of fused-ring (bicyclic) bond motifs is 2. The summed E-state index contributed by atoms with van der Waals surface area (Å²) in [5.41, 5.74) is 0.868. The van der Waals surface area contributed by atoms with Crippen LogP contribution in [0.15, 0.2) is 42.5 Å². The molecule has 1 aliphatic carbocycles. The number of Topliss-reactive ketones (excluding diaryl/α,β-unsaturated/α-hetero) is 2. The topological polar surface area (TPSA) is 66.4 Å². The number of aliphatic hydroxyl groups is 1. The van der Waals surface area contributed by atoms with Gasteiger partial charge in [0.15, 0.2) is 0 Å². The van der Waals surface area contributed by atoms with Crippen LogP contribution in [0.25, 0.3) is 0 Å². The molecule has 0 saturated carbocycles. The van der Waals surface area contributed by atoms with Gasteiger partial charge in [0.05, 0.1) is 0 Å². The number of anilines is 1. The molecule has 0 saturated heterocycles. The standard InChI is InChI=1S/C18H15NO3/c1-10-8-11-9-12(6-7-15(11)19-10)18(22)16(20)13-4-2-3-5-14(13)17(18)21/h2-7,9-10,19,22H,8H2,1H3/t10-/m0/s1. The van der Waals surface area contributed by atoms with Crippen LogP contribution in [-0.4, -0.2) is 22.7 Å². The van der Waals surface area contributed by atoms with Crippen molar-refractivity contribution in [2.75, 3.05) is 5.32 Å². The maximum atomic E-state index is 12.6. The third kappa shape index (κ3) is 1.56. The van der Waals surface area contributed by atoms with E-state index in [4.69, 9.17) is 0 Å². The van der Waals surface area contributed by atoms with Crippen molar-refractivity contribution in [2.45, 2.75) is 25.0 Å². The monoisotopic (exact) mass is 293 g/mol. The zero-order valence-electron chi connectivity index (χ0n) is 12.1. The molecule has 0 aromatic heterocycles. The van der Waals surface area contributed by atoms with Crippen molar-refractivity contribution in [3.8, 4) is 0 Å². The van der Waals surface area contributed by atoms with E-state index in [0.29, 0.717) is 22.7 Å². The first-order chi connectivity index (χ1) is 10.5. The predicted octanol–water partition coefficient (Wildman–Crippen LogP) is 2.31. The van der Waals surface area contributed by atoms with Crippen LogP contribution in [0.4, 0.5) is 5.69 Å². The Bertz CT molecular complexity index is 790. The zero-order valence-corrected chi connectivity index (χ0v) is 12.1. The molecule has 0 spiro atoms. The summed E-state index contributed by atoms with van der Waals surface area (Å²) in [5, 5.41) is 14.2. The van der Waals surface area contributed by atoms with Crippen molar-refractivity contribution in [3.05, 3.63) is 64.7 Å². The van der Waals surface area contributed by atoms with Gasteiger partial charge in [-0.15, -0.1) is 0 Å². The molecule has 4 nitrogen and oxygen atoms in total. The largest absolute Gasteiger partial charge is 0.382 e. The minimum absolute atomic E-state index is 0.294. The molecule has 1 heterocycles. The predicted molar refractivity (Wildman–Crippen MR) is 82.2 cm³/mol. The molecule has 2 aliphatic rings. The second-order valence-corrected chi connectivity index (χ2v) is 6.04. The maximum absolute atomic E-state index is 12.6. The molecule has 0 amide bonds. The van der Waals surface area contributed by atoms with Crippen molar-refractivity contribution >= 4 is 17.3 Å². The first kappa shape index (κ1) is 13.2. The molecule has 0 fully saturated rings. The summed E-state index contributed by atoms with van der Waals surface area (Å²) in [7, 11) is 0. The van der Waals surface area contributed by atoms with E-state index in [1.54, 1.807) is 36.4 Å². The lowest BCUT2D eigenvalue weighted by Crippen LogP contribution is -2.38. The average Bonchev–Trinajstić information content (AvgIpc) is 2.99. The van der Waals surface area contributed by atoms with E-state index in [0.717, 1.165) is 17.7 Å². The van der Waals surface area contributed by atoms with E-state index in [-0.39, 0.29) is 0 Å². The molecule has 2 aromatic rings. The van der Waals surface area contributed by atoms with Crippen molar-refractivity contribution in [1.29, 1.82) is 0 Å². The Hall–Kier alpha value is -2.46. The first-order valence-corrected chi connectivity index (χ1v) is 7.33. The molecule has 2 N–H and O–H groups in total. The van der Waals surface area contributed by atoms with E-state index >= 15 is 0 Å². The number of carbonyl (C=O) groups is 2. The third-order valence-corrected chi connectivity index (χ3v) is 4.52. The molecule has 4 heteroatoms. The lowest BCUT2D eigenvalue weighted by molar-refractivity contribution is 0.0321. The van der Waals surface area contributed by atoms with Crippen LogP contribution >= 0.6 is 0 Å². The first-order valence-electron chi connectivity index (χ1n) is 7.33. The SMILES string of the molecule is C[C@H]1Cc2cc(C3(O)C(=O)c4ccccc4C3=O)ccc2N1. The molecule has 4 rings (SSSR count). The van der Waals surface area contributed by atoms with E-state index in [1.807, 2.05) is 6.07 Å². The van der Waals surface area contributed by atoms with Gasteiger partial charge in [-0.05, 0) is 36.6 Å². The summed E-state index contributed by atoms with van der Waals surface area (Å²) in [6.07, 6.45) is 0.814. The average molecular weight is 293 g/mol. The van der Waals surface area contributed by atoms with Crippen molar-refractivity contribution in [3.63, 3.8) is 0 Å². The van der Waals surface area contributed by atoms with E-state index in [1.165, 1.54) is 0 Å². The Kier molecular flexibility index (Phi) is 2.57. The quantitative estimate of drug-likeness (QED) is 0.792. The van der Waals surface area contributed by atoms with Crippen LogP contribution in [0.1, 0.15) is 38.8 Å². The van der Waals surface area contributed by atoms with Gasteiger partial charge in [0.2, 0.25) is 17.2 Å². The molecular weight excluding hydrogens is 278 g/mol. The van der Waals surface area contributed by atoms with Crippen LogP contribution in [0.2, 0.25) is 0 Å². The highest BCUT2D eigenvalue weighted by Gasteiger charge is 2.53. The van der Waals surface area contributed by atoms with Crippen LogP contribution < -0.4 is 5.32 Å². The summed E-state index contributed by atoms with van der Waals surface area (Å²) >= 11 is 0. The number of nitrogens with one attached hydrogen (secondary N) is 1. The maximum Gasteiger partial charge on any atom is 0.216 e. The summed E-state index contributed by atoms with van der Waals surface area (Å²) in [4.78, 5) is 25.2. The van der Waals surface area contributed by atoms with Crippen LogP contribution in [0.5, 0.6) is 0 Å². The normalized spacial score (nSPS) is 21.5. The van der Waals surface area contributed by atoms with Crippen LogP contribution in [0, 0.1) is 0 Å². The fourth-order valence-corrected chi connectivity index (χ4v) is 3.41. The molecular formula is C18H15NO3. The van der Waals surface area contributed by atoms with Gasteiger partial charge < -0.3 is 10.4 Å². The number of hydrogen-bond acceptors (Lipinski definition) is 4. The second kappa shape index (κ2) is 4.27. The van der Waals surface area contributed by atoms with Gasteiger partial charge in [0, 0.05) is 22.9 Å². The Morgan fingerprint density at radius 3 is 2.36 bits per heavy atom. The van der Waals surface area contributed by atoms with Crippen molar-refractivity contribution in [1.82, 2.24) is 0 Å². The molecule has 110 valence electrons. The highest BCUT2D eigenvalue weighted by molar-refractivity contribution is 6.31. The van der Waals surface area contributed by atoms with Gasteiger partial charge in [-0.2, -0.15) is 0 Å². The summed E-state index contributed by atoms with van der Waals surface area (Å²) in [6, 6.07) is 12.1. The minimum atomic E-state index is -2.09. The van der Waals surface area contributed by atoms with Gasteiger partial charge in [0.1, 0.15) is 0 Å². The van der Waals surface area contributed by atoms with Gasteiger partial charge in [-0.25, -0.2) is 0 Å². The number of hydrogen-bond donors (Lipinski definition) is 2. The fourth-order valence-electron chi connectivity index (χ4n) is 3.41. The van der Waals surface area contributed by atoms with Gasteiger partial charge in [-0.1, -0.05) is 30.3 Å². The van der Waals surface area contributed by atoms with Gasteiger partial charge in [-0.3, -0.25) is 9.59 Å². The Morgan fingerprint density at radius 1 is 1.09 bits per heavy atom. The molecule has 1 atom stereocenters. The van der Waals surface area contributed by atoms with Gasteiger partial charge in [0.25, 0.3) is 0 Å². The molecule has 2 aromatic carbocycles. The minimum Gasteiger partial charge on any atom is -0.382 e. The van der Waals surface area contributed by atoms with Crippen molar-refractivity contribution < 1.29 is 14.7 Å². The summed E-state index contributed by atoms with van der Waals surface area (Å²) in [5.74, 6) is -1.07. The summed E-state index contributed by atoms with van der Waals surface area (Å²) in [6.45, 7) is 2.07. The second-order valence-electron chi connectivity index (χ2n) is 6.04. The lowest BCUT2D eigenvalue weighted by atomic mass is 9.87. The summed E-state index contributed by atoms with van der Waals surface area (Å²) < 4.78 is 0. The molecule has 0 unspecified atom stereocenters. The smallest absolute Gasteiger partial charge is 0.216 e. The van der Waals surface area contributed by atoms with E-state index in [2.05, 4.69) is 12.2 Å². The fraction of sp³-hybridized carbons (Fsp3) is 0.222. The molecule has 0 radical (unpaired) electrons. The number of rotatable bonds is 1. The Labute approximate surface area is 127 Å². The van der Waals surface area contributed by atoms with Crippen LogP contribution in [0.3, 0.4) is 0 Å². The Morgan fingerprint density at radius 2 is 1.73 bits per heavy atom. The number of ketones is 2. The highest BCUT2D eigenvalue weighted by atomic mass is 16.3. The molecule has 22 heavy (non-hydrogen) atoms. The number of benzene rings is 2. The molecule has 1 aliphatic heterocycles. The third-order valence-electron chi connectivity index (χ3n) is 4.52. The van der Waals surface area contributed by atoms with E-state index in [9.17, 15) is 14.7 Å². The van der Waals surface area contributed by atoms with Crippen molar-refractivity contribution in [2.24, 2.45) is 0 Å². The zero-order chi connectivity index (χ0) is 15.5. The highest BCUT2D eigenvalue weighted by Crippen LogP contribution is 2.39. The molecule has 0 bridgehead atoms.